The molecular formula is C52H40N2O. The van der Waals surface area contributed by atoms with E-state index in [9.17, 15) is 27.4 Å². The van der Waals surface area contributed by atoms with Crippen LogP contribution in [0.2, 0.25) is 0 Å². The Balaban J connectivity index is 1.47. The Labute approximate surface area is 378 Å². The first kappa shape index (κ1) is 11.2. The molecule has 3 aliphatic rings. The van der Waals surface area contributed by atoms with E-state index in [2.05, 4.69) is 0 Å². The van der Waals surface area contributed by atoms with Gasteiger partial charge < -0.3 is 14.5 Å². The predicted octanol–water partition coefficient (Wildman–Crippen LogP) is 14.5. The van der Waals surface area contributed by atoms with Crippen LogP contribution in [-0.4, -0.2) is 0 Å². The first-order valence-electron chi connectivity index (χ1n) is 36.0. The van der Waals surface area contributed by atoms with Crippen LogP contribution in [0.15, 0.2) is 169 Å². The molecule has 0 spiro atoms. The van der Waals surface area contributed by atoms with Crippen molar-refractivity contribution >= 4 is 44.9 Å². The van der Waals surface area contributed by atoms with Gasteiger partial charge in [0.15, 0.2) is 11.5 Å². The number of ether oxygens (including phenoxy) is 1. The molecule has 0 radical (unpaired) electrons. The minimum atomic E-state index is -4.37. The third kappa shape index (κ3) is 4.56. The van der Waals surface area contributed by atoms with Gasteiger partial charge in [-0.2, -0.15) is 0 Å². The molecule has 1 aliphatic carbocycles. The quantitative estimate of drug-likeness (QED) is 0.178. The number of benzene rings is 8. The standard InChI is InChI=1S/C52H40N2O/c1-51(2)42-19-11-10-18-40(42)41-28-27-37(30-44(41)51)53(36-25-22-34(23-26-36)33-14-6-5-7-15-33)38-31-45-50-48(32-38)55-47-29-24-35-16-8-9-17-39(35)49(47)54(50)46-21-13-12-20-43(46)52(45,3)4/h5-32H,1-4H3/i1D3,2D3,3D3,4D3,5D,6D,7D,8D,9D,10D,11D,12D,13D,14D,15D,16D,17D,18D,19D,20D,21D,22D,23D,24D,25D,26D,27D,28D,29D,30D,31D,32D. The number of hydrogen-bond acceptors (Lipinski definition) is 3. The zero-order valence-corrected chi connectivity index (χ0v) is 27.3. The van der Waals surface area contributed by atoms with Gasteiger partial charge in [-0.05, 0) is 92.2 Å². The molecule has 0 saturated carbocycles. The van der Waals surface area contributed by atoms with Crippen molar-refractivity contribution in [2.45, 2.75) is 38.2 Å². The van der Waals surface area contributed by atoms with Gasteiger partial charge in [-0.25, -0.2) is 0 Å². The molecule has 264 valence electrons. The van der Waals surface area contributed by atoms with Crippen LogP contribution in [0.3, 0.4) is 0 Å². The highest BCUT2D eigenvalue weighted by atomic mass is 16.5. The Morgan fingerprint density at radius 3 is 1.98 bits per heavy atom. The lowest BCUT2D eigenvalue weighted by atomic mass is 9.72. The molecule has 0 N–H and O–H groups in total. The van der Waals surface area contributed by atoms with Crippen LogP contribution in [0.5, 0.6) is 11.5 Å². The number of nitrogens with zero attached hydrogens (tertiary/aromatic N) is 2. The lowest BCUT2D eigenvalue weighted by Gasteiger charge is -2.45. The summed E-state index contributed by atoms with van der Waals surface area (Å²) >= 11 is 0. The molecule has 8 aromatic rings. The summed E-state index contributed by atoms with van der Waals surface area (Å²) in [4.78, 5) is 0.469. The summed E-state index contributed by atoms with van der Waals surface area (Å²) < 4.78 is 376. The van der Waals surface area contributed by atoms with Crippen molar-refractivity contribution in [1.82, 2.24) is 0 Å². The van der Waals surface area contributed by atoms with E-state index in [1.165, 1.54) is 0 Å². The lowest BCUT2D eigenvalue weighted by molar-refractivity contribution is 0.472. The maximum atomic E-state index is 10.6. The predicted molar refractivity (Wildman–Crippen MR) is 229 cm³/mol. The van der Waals surface area contributed by atoms with Gasteiger partial charge in [0.1, 0.15) is 0 Å². The van der Waals surface area contributed by atoms with Gasteiger partial charge in [0.05, 0.1) is 61.1 Å². The minimum absolute atomic E-state index is 0.0318. The molecule has 55 heavy (non-hydrogen) atoms. The molecule has 8 aromatic carbocycles. The maximum absolute atomic E-state index is 10.6. The van der Waals surface area contributed by atoms with Crippen LogP contribution in [0.25, 0.3) is 33.0 Å². The molecular weight excluding hydrogens is 669 g/mol. The summed E-state index contributed by atoms with van der Waals surface area (Å²) in [6, 6.07) is -36.9. The Bertz CT molecular complexity index is 4840. The molecule has 0 unspecified atom stereocenters. The van der Waals surface area contributed by atoms with E-state index in [0.29, 0.717) is 4.90 Å². The van der Waals surface area contributed by atoms with Gasteiger partial charge in [-0.1, -0.05) is 148 Å². The summed E-state index contributed by atoms with van der Waals surface area (Å²) in [6.45, 7) is -17.1. The number of para-hydroxylation sites is 1. The highest BCUT2D eigenvalue weighted by molar-refractivity contribution is 6.06. The normalized spacial score (nSPS) is 26.2. The fourth-order valence-electron chi connectivity index (χ4n) is 6.77. The van der Waals surface area contributed by atoms with Crippen LogP contribution in [-0.2, 0) is 10.8 Å². The zero-order chi connectivity index (χ0) is 71.4. The van der Waals surface area contributed by atoms with Gasteiger partial charge in [0, 0.05) is 50.1 Å². The van der Waals surface area contributed by atoms with Crippen LogP contribution in [0, 0.1) is 0 Å². The van der Waals surface area contributed by atoms with Crippen molar-refractivity contribution < 1.29 is 59.6 Å². The van der Waals surface area contributed by atoms with E-state index in [4.69, 9.17) is 32.2 Å². The second kappa shape index (κ2) is 11.5. The molecule has 3 heteroatoms. The summed E-state index contributed by atoms with van der Waals surface area (Å²) in [6.07, 6.45) is 0. The number of anilines is 6. The summed E-state index contributed by atoms with van der Waals surface area (Å²) in [5.41, 5.74) is -26.7. The third-order valence-corrected chi connectivity index (χ3v) is 9.18. The fourth-order valence-corrected chi connectivity index (χ4v) is 6.77. The molecule has 0 amide bonds. The Morgan fingerprint density at radius 2 is 1.15 bits per heavy atom. The van der Waals surface area contributed by atoms with E-state index in [-0.39, 0.29) is 4.90 Å². The van der Waals surface area contributed by atoms with Crippen molar-refractivity contribution in [2.75, 3.05) is 9.80 Å². The summed E-state index contributed by atoms with van der Waals surface area (Å²) in [7, 11) is 0. The van der Waals surface area contributed by atoms with Gasteiger partial charge >= 0.3 is 0 Å². The van der Waals surface area contributed by atoms with Crippen LogP contribution < -0.4 is 14.5 Å². The molecule has 0 bridgehead atoms. The Hall–Kier alpha value is -6.58. The number of fused-ring (bicyclic) bond motifs is 9. The average molecular weight is 749 g/mol. The molecule has 0 fully saturated rings. The number of rotatable bonds is 4. The van der Waals surface area contributed by atoms with E-state index < -0.39 is 308 Å². The largest absolute Gasteiger partial charge is 0.453 e. The Morgan fingerprint density at radius 1 is 0.491 bits per heavy atom. The molecule has 0 saturated heterocycles. The second-order valence-electron chi connectivity index (χ2n) is 12.3. The summed E-state index contributed by atoms with van der Waals surface area (Å²) in [5, 5.41) is -1.67. The molecule has 0 atom stereocenters. The van der Waals surface area contributed by atoms with Crippen LogP contribution >= 0.6 is 0 Å². The van der Waals surface area contributed by atoms with Crippen molar-refractivity contribution in [2.24, 2.45) is 0 Å². The zero-order valence-electron chi connectivity index (χ0n) is 67.3. The average Bonchev–Trinajstić information content (AvgIpc) is 1.44. The topological polar surface area (TPSA) is 15.7 Å². The molecule has 2 heterocycles. The molecule has 3 nitrogen and oxygen atoms in total. The lowest BCUT2D eigenvalue weighted by Crippen LogP contribution is -2.32. The second-order valence-corrected chi connectivity index (χ2v) is 12.3. The SMILES string of the molecule is [2H]c1c([2H])c([2H])c(-c2c([2H])c([2H])c(N(c3c([2H])c([2H])c4c(c3[2H])C(C([2H])([2H])[2H])(C([2H])([2H])[2H])c3c([2H])c([2H])c([2H])c([2H])c3-4)c3c([2H])c4c5c(c3[2H])C(C([2H])([2H])[2H])(C([2H])([2H])[2H])c3c([2H])c([2H])c([2H])c([2H])c3N5c3c(c([2H])c([2H])c5c([2H])c([2H])c([2H])c([2H])c35)O4)c([2H])c2[2H])c([2H])c1[2H]. The van der Waals surface area contributed by atoms with Crippen molar-refractivity contribution in [3.63, 3.8) is 0 Å². The first-order valence-corrected chi connectivity index (χ1v) is 16.0. The summed E-state index contributed by atoms with van der Waals surface area (Å²) in [5.74, 6) is -2.53. The fraction of sp³-hybridized carbons (Fsp3) is 0.115. The van der Waals surface area contributed by atoms with Crippen LogP contribution in [0.1, 0.15) is 104 Å². The van der Waals surface area contributed by atoms with Gasteiger partial charge in [-0.3, -0.25) is 0 Å². The van der Waals surface area contributed by atoms with E-state index in [0.717, 1.165) is 0 Å². The minimum Gasteiger partial charge on any atom is -0.453 e. The van der Waals surface area contributed by atoms with Crippen molar-refractivity contribution in [3.05, 3.63) is 191 Å². The maximum Gasteiger partial charge on any atom is 0.153 e. The highest BCUT2D eigenvalue weighted by Gasteiger charge is 2.43. The number of hydrogen-bond donors (Lipinski definition) is 0. The first-order chi connectivity index (χ1) is 43.5. The highest BCUT2D eigenvalue weighted by Crippen LogP contribution is 2.62. The van der Waals surface area contributed by atoms with Gasteiger partial charge in [0.25, 0.3) is 0 Å². The molecule has 0 aromatic heterocycles. The monoisotopic (exact) mass is 749 g/mol. The van der Waals surface area contributed by atoms with E-state index in [1.807, 2.05) is 0 Å². The van der Waals surface area contributed by atoms with Crippen molar-refractivity contribution in [3.8, 4) is 33.8 Å². The molecule has 11 rings (SSSR count). The van der Waals surface area contributed by atoms with Crippen molar-refractivity contribution in [1.29, 1.82) is 0 Å². The van der Waals surface area contributed by atoms with Gasteiger partial charge in [-0.15, -0.1) is 0 Å². The van der Waals surface area contributed by atoms with Crippen LogP contribution in [0.4, 0.5) is 34.1 Å². The Kier molecular flexibility index (Phi) is 2.34. The smallest absolute Gasteiger partial charge is 0.153 e. The van der Waals surface area contributed by atoms with E-state index in [1.54, 1.807) is 0 Å². The van der Waals surface area contributed by atoms with E-state index >= 15 is 0 Å². The third-order valence-electron chi connectivity index (χ3n) is 9.18. The van der Waals surface area contributed by atoms with Gasteiger partial charge in [0.2, 0.25) is 0 Å². The molecule has 2 aliphatic heterocycles.